The van der Waals surface area contributed by atoms with E-state index < -0.39 is 11.7 Å². The minimum Gasteiger partial charge on any atom is -0.488 e. The smallest absolute Gasteiger partial charge is 0.417 e. The Morgan fingerprint density at radius 1 is 1.17 bits per heavy atom. The average Bonchev–Trinajstić information content (AvgIpc) is 2.53. The van der Waals surface area contributed by atoms with Gasteiger partial charge in [0.25, 0.3) is 0 Å². The van der Waals surface area contributed by atoms with E-state index in [-0.39, 0.29) is 11.7 Å². The Hall–Kier alpha value is -2.01. The molecule has 2 aromatic carbocycles. The van der Waals surface area contributed by atoms with Crippen molar-refractivity contribution in [2.24, 2.45) is 5.73 Å². The van der Waals surface area contributed by atoms with Gasteiger partial charge >= 0.3 is 6.18 Å². The average molecular weight is 321 g/mol. The molecule has 0 radical (unpaired) electrons. The van der Waals surface area contributed by atoms with E-state index in [4.69, 9.17) is 10.5 Å². The van der Waals surface area contributed by atoms with E-state index in [1.165, 1.54) is 12.1 Å². The molecule has 0 saturated heterocycles. The van der Waals surface area contributed by atoms with E-state index in [1.54, 1.807) is 25.1 Å². The number of fused-ring (bicyclic) bond motifs is 1. The first-order valence-corrected chi connectivity index (χ1v) is 7.57. The monoisotopic (exact) mass is 321 g/mol. The van der Waals surface area contributed by atoms with Crippen molar-refractivity contribution in [1.29, 1.82) is 0 Å². The highest BCUT2D eigenvalue weighted by Crippen LogP contribution is 2.43. The number of rotatable bonds is 2. The van der Waals surface area contributed by atoms with Gasteiger partial charge < -0.3 is 10.5 Å². The van der Waals surface area contributed by atoms with Crippen LogP contribution in [0.4, 0.5) is 13.2 Å². The highest BCUT2D eigenvalue weighted by Gasteiger charge is 2.35. The van der Waals surface area contributed by atoms with Crippen LogP contribution in [0.2, 0.25) is 0 Å². The van der Waals surface area contributed by atoms with Gasteiger partial charge in [0.2, 0.25) is 0 Å². The SMILES string of the molecule is Cc1ccc(-c2cccc3c2O[C@@H](CN)CC3)c(C(F)(F)F)c1. The fraction of sp³-hybridized carbons (Fsp3) is 0.333. The van der Waals surface area contributed by atoms with Gasteiger partial charge in [-0.2, -0.15) is 13.2 Å². The maximum atomic E-state index is 13.4. The van der Waals surface area contributed by atoms with Crippen LogP contribution in [0.1, 0.15) is 23.1 Å². The maximum absolute atomic E-state index is 13.4. The number of ether oxygens (including phenoxy) is 1. The lowest BCUT2D eigenvalue weighted by molar-refractivity contribution is -0.137. The second kappa shape index (κ2) is 5.89. The summed E-state index contributed by atoms with van der Waals surface area (Å²) in [5.74, 6) is 0.531. The molecule has 122 valence electrons. The van der Waals surface area contributed by atoms with Crippen molar-refractivity contribution < 1.29 is 17.9 Å². The fourth-order valence-corrected chi connectivity index (χ4v) is 2.97. The number of hydrogen-bond donors (Lipinski definition) is 1. The minimum absolute atomic E-state index is 0.150. The summed E-state index contributed by atoms with van der Waals surface area (Å²) < 4.78 is 46.2. The lowest BCUT2D eigenvalue weighted by atomic mass is 9.92. The first kappa shape index (κ1) is 15.9. The molecular formula is C18H18F3NO. The molecule has 23 heavy (non-hydrogen) atoms. The standard InChI is InChI=1S/C18H18F3NO/c1-11-5-8-14(16(9-11)18(19,20)21)15-4-2-3-12-6-7-13(10-22)23-17(12)15/h2-5,8-9,13H,6-7,10,22H2,1H3/t13-/m1/s1. The third kappa shape index (κ3) is 3.06. The number of aryl methyl sites for hydroxylation is 2. The van der Waals surface area contributed by atoms with Crippen molar-refractivity contribution in [1.82, 2.24) is 0 Å². The molecule has 1 atom stereocenters. The van der Waals surface area contributed by atoms with E-state index in [0.717, 1.165) is 18.4 Å². The molecule has 1 aliphatic heterocycles. The zero-order valence-electron chi connectivity index (χ0n) is 12.8. The number of benzene rings is 2. The van der Waals surface area contributed by atoms with Crippen LogP contribution in [0.5, 0.6) is 5.75 Å². The molecule has 2 N–H and O–H groups in total. The molecule has 5 heteroatoms. The minimum atomic E-state index is -4.41. The van der Waals surface area contributed by atoms with Gasteiger partial charge in [0.1, 0.15) is 11.9 Å². The van der Waals surface area contributed by atoms with Crippen molar-refractivity contribution in [3.63, 3.8) is 0 Å². The molecule has 0 amide bonds. The Morgan fingerprint density at radius 3 is 2.65 bits per heavy atom. The molecule has 0 aliphatic carbocycles. The van der Waals surface area contributed by atoms with Crippen LogP contribution in [-0.4, -0.2) is 12.6 Å². The summed E-state index contributed by atoms with van der Waals surface area (Å²) in [6.07, 6.45) is -3.01. The van der Waals surface area contributed by atoms with Crippen LogP contribution < -0.4 is 10.5 Å². The Labute approximate surface area is 133 Å². The van der Waals surface area contributed by atoms with Crippen LogP contribution >= 0.6 is 0 Å². The van der Waals surface area contributed by atoms with Crippen LogP contribution in [-0.2, 0) is 12.6 Å². The fourth-order valence-electron chi connectivity index (χ4n) is 2.97. The molecule has 1 heterocycles. The number of alkyl halides is 3. The number of hydrogen-bond acceptors (Lipinski definition) is 2. The predicted molar refractivity (Wildman–Crippen MR) is 83.4 cm³/mol. The van der Waals surface area contributed by atoms with Crippen molar-refractivity contribution in [3.05, 3.63) is 53.1 Å². The van der Waals surface area contributed by atoms with Crippen LogP contribution in [0.25, 0.3) is 11.1 Å². The van der Waals surface area contributed by atoms with Gasteiger partial charge in [-0.1, -0.05) is 35.9 Å². The lowest BCUT2D eigenvalue weighted by Gasteiger charge is -2.28. The van der Waals surface area contributed by atoms with E-state index >= 15 is 0 Å². The largest absolute Gasteiger partial charge is 0.488 e. The second-order valence-electron chi connectivity index (χ2n) is 5.85. The van der Waals surface area contributed by atoms with Gasteiger partial charge in [-0.05, 0) is 37.0 Å². The summed E-state index contributed by atoms with van der Waals surface area (Å²) in [7, 11) is 0. The number of halogens is 3. The zero-order chi connectivity index (χ0) is 16.6. The Bertz CT molecular complexity index is 725. The summed E-state index contributed by atoms with van der Waals surface area (Å²) in [5, 5.41) is 0. The molecule has 0 bridgehead atoms. The zero-order valence-corrected chi connectivity index (χ0v) is 12.8. The van der Waals surface area contributed by atoms with Crippen molar-refractivity contribution in [3.8, 4) is 16.9 Å². The van der Waals surface area contributed by atoms with Crippen molar-refractivity contribution >= 4 is 0 Å². The maximum Gasteiger partial charge on any atom is 0.417 e. The predicted octanol–water partition coefficient (Wildman–Crippen LogP) is 4.33. The summed E-state index contributed by atoms with van der Waals surface area (Å²) in [5.41, 5.74) is 7.17. The highest BCUT2D eigenvalue weighted by atomic mass is 19.4. The molecule has 0 spiro atoms. The normalized spacial score (nSPS) is 17.5. The van der Waals surface area contributed by atoms with Crippen LogP contribution in [0.3, 0.4) is 0 Å². The van der Waals surface area contributed by atoms with Gasteiger partial charge in [0, 0.05) is 12.1 Å². The van der Waals surface area contributed by atoms with Crippen molar-refractivity contribution in [2.75, 3.05) is 6.54 Å². The number of para-hydroxylation sites is 1. The van der Waals surface area contributed by atoms with E-state index in [9.17, 15) is 13.2 Å². The first-order chi connectivity index (χ1) is 10.9. The summed E-state index contributed by atoms with van der Waals surface area (Å²) in [6, 6.07) is 9.74. The van der Waals surface area contributed by atoms with Crippen LogP contribution in [0.15, 0.2) is 36.4 Å². The molecule has 1 aliphatic rings. The summed E-state index contributed by atoms with van der Waals surface area (Å²) in [6.45, 7) is 2.01. The van der Waals surface area contributed by atoms with Gasteiger partial charge in [-0.15, -0.1) is 0 Å². The van der Waals surface area contributed by atoms with Gasteiger partial charge in [0.15, 0.2) is 0 Å². The first-order valence-electron chi connectivity index (χ1n) is 7.57. The Balaban J connectivity index is 2.17. The Morgan fingerprint density at radius 2 is 1.96 bits per heavy atom. The van der Waals surface area contributed by atoms with Gasteiger partial charge in [-0.3, -0.25) is 0 Å². The molecule has 0 saturated carbocycles. The molecule has 0 fully saturated rings. The molecule has 0 unspecified atom stereocenters. The topological polar surface area (TPSA) is 35.2 Å². The highest BCUT2D eigenvalue weighted by molar-refractivity contribution is 5.76. The molecular weight excluding hydrogens is 303 g/mol. The van der Waals surface area contributed by atoms with Crippen LogP contribution in [0, 0.1) is 6.92 Å². The van der Waals surface area contributed by atoms with Gasteiger partial charge in [-0.25, -0.2) is 0 Å². The molecule has 2 aromatic rings. The molecule has 0 aromatic heterocycles. The van der Waals surface area contributed by atoms with E-state index in [2.05, 4.69) is 0 Å². The van der Waals surface area contributed by atoms with Crippen molar-refractivity contribution in [2.45, 2.75) is 32.0 Å². The Kier molecular flexibility index (Phi) is 4.06. The third-order valence-corrected chi connectivity index (χ3v) is 4.15. The van der Waals surface area contributed by atoms with Gasteiger partial charge in [0.05, 0.1) is 5.56 Å². The van der Waals surface area contributed by atoms with E-state index in [1.807, 2.05) is 6.07 Å². The molecule has 2 nitrogen and oxygen atoms in total. The number of nitrogens with two attached hydrogens (primary N) is 1. The third-order valence-electron chi connectivity index (χ3n) is 4.15. The summed E-state index contributed by atoms with van der Waals surface area (Å²) in [4.78, 5) is 0. The quantitative estimate of drug-likeness (QED) is 0.893. The van der Waals surface area contributed by atoms with E-state index in [0.29, 0.717) is 23.4 Å². The second-order valence-corrected chi connectivity index (χ2v) is 5.85. The lowest BCUT2D eigenvalue weighted by Crippen LogP contribution is -2.30. The molecule has 3 rings (SSSR count). The summed E-state index contributed by atoms with van der Waals surface area (Å²) >= 11 is 0.